The topological polar surface area (TPSA) is 106 Å². The molecule has 0 aromatic heterocycles. The van der Waals surface area contributed by atoms with E-state index in [0.29, 0.717) is 18.3 Å². The number of rotatable bonds is 6. The zero-order valence-corrected chi connectivity index (χ0v) is 17.1. The van der Waals surface area contributed by atoms with E-state index < -0.39 is 24.2 Å². The van der Waals surface area contributed by atoms with Crippen LogP contribution in [-0.2, 0) is 9.53 Å². The van der Waals surface area contributed by atoms with Crippen molar-refractivity contribution >= 4 is 34.2 Å². The van der Waals surface area contributed by atoms with Gasteiger partial charge in [-0.2, -0.15) is 0 Å². The summed E-state index contributed by atoms with van der Waals surface area (Å²) in [7, 11) is 5.54. The first-order chi connectivity index (χ1) is 13.4. The molecule has 0 saturated heterocycles. The number of ether oxygens (including phenoxy) is 1. The van der Waals surface area contributed by atoms with Crippen molar-refractivity contribution in [2.24, 2.45) is 10.9 Å². The van der Waals surface area contributed by atoms with Gasteiger partial charge in [-0.25, -0.2) is 0 Å². The molecule has 5 atom stereocenters. The third kappa shape index (κ3) is 4.60. The molecule has 2 aliphatic rings. The molecule has 0 bridgehead atoms. The minimum atomic E-state index is -0.976. The number of amides is 1. The summed E-state index contributed by atoms with van der Waals surface area (Å²) < 4.78 is 4.97. The van der Waals surface area contributed by atoms with E-state index in [1.54, 1.807) is 7.11 Å². The predicted molar refractivity (Wildman–Crippen MR) is 112 cm³/mol. The van der Waals surface area contributed by atoms with Crippen LogP contribution < -0.4 is 15.5 Å². The summed E-state index contributed by atoms with van der Waals surface area (Å²) in [5, 5.41) is 27.1. The summed E-state index contributed by atoms with van der Waals surface area (Å²) in [5.41, 5.74) is 1.97. The average molecular weight is 409 g/mol. The maximum absolute atomic E-state index is 12.6. The Hall–Kier alpha value is -1.81. The van der Waals surface area contributed by atoms with E-state index in [1.807, 2.05) is 43.3 Å². The molecule has 1 saturated carbocycles. The van der Waals surface area contributed by atoms with E-state index in [4.69, 9.17) is 4.74 Å². The van der Waals surface area contributed by atoms with Crippen molar-refractivity contribution in [1.29, 1.82) is 0 Å². The van der Waals surface area contributed by atoms with Gasteiger partial charge in [0.05, 0.1) is 24.7 Å². The highest BCUT2D eigenvalue weighted by atomic mass is 32.2. The zero-order valence-electron chi connectivity index (χ0n) is 16.3. The lowest BCUT2D eigenvalue weighted by molar-refractivity contribution is -0.129. The van der Waals surface area contributed by atoms with Crippen LogP contribution in [0.5, 0.6) is 0 Å². The number of nitrogens with one attached hydrogen (secondary N) is 2. The lowest BCUT2D eigenvalue weighted by Gasteiger charge is -2.37. The quantitative estimate of drug-likeness (QED) is 0.508. The first-order valence-electron chi connectivity index (χ1n) is 9.32. The van der Waals surface area contributed by atoms with Gasteiger partial charge < -0.3 is 30.5 Å². The number of carbonyl (C=O) groups excluding carboxylic acids is 1. The Kier molecular flexibility index (Phi) is 6.82. The molecular weight excluding hydrogens is 380 g/mol. The van der Waals surface area contributed by atoms with Crippen LogP contribution in [0, 0.1) is 5.92 Å². The van der Waals surface area contributed by atoms with E-state index >= 15 is 0 Å². The van der Waals surface area contributed by atoms with Gasteiger partial charge in [-0.1, -0.05) is 11.8 Å². The van der Waals surface area contributed by atoms with Gasteiger partial charge in [-0.15, -0.1) is 0 Å². The number of nitrogens with zero attached hydrogens (tertiary/aromatic N) is 2. The fourth-order valence-electron chi connectivity index (χ4n) is 3.48. The number of anilines is 2. The number of thioether (sulfide) groups is 1. The molecular formula is C19H28N4O4S. The maximum atomic E-state index is 12.6. The second-order valence-electron chi connectivity index (χ2n) is 7.26. The summed E-state index contributed by atoms with van der Waals surface area (Å²) >= 11 is 1.45. The smallest absolute Gasteiger partial charge is 0.224 e. The number of carbonyl (C=O) groups is 1. The fraction of sp³-hybridized carbons (Fsp3) is 0.579. The molecule has 28 heavy (non-hydrogen) atoms. The van der Waals surface area contributed by atoms with E-state index in [0.717, 1.165) is 11.4 Å². The first-order valence-corrected chi connectivity index (χ1v) is 10.2. The Bertz CT molecular complexity index is 712. The minimum Gasteiger partial charge on any atom is -0.390 e. The van der Waals surface area contributed by atoms with E-state index in [9.17, 15) is 15.0 Å². The third-order valence-electron chi connectivity index (χ3n) is 5.06. The number of fused-ring (bicyclic) bond motifs is 1. The molecule has 5 unspecified atom stereocenters. The fourth-order valence-corrected chi connectivity index (χ4v) is 4.86. The minimum absolute atomic E-state index is 0.141. The number of hydrogen-bond acceptors (Lipinski definition) is 8. The van der Waals surface area contributed by atoms with Gasteiger partial charge in [0, 0.05) is 44.4 Å². The van der Waals surface area contributed by atoms with Crippen LogP contribution in [0.25, 0.3) is 0 Å². The summed E-state index contributed by atoms with van der Waals surface area (Å²) in [5.74, 6) is -0.568. The summed E-state index contributed by atoms with van der Waals surface area (Å²) in [4.78, 5) is 19.2. The van der Waals surface area contributed by atoms with E-state index in [2.05, 4.69) is 15.6 Å². The highest BCUT2D eigenvalue weighted by molar-refractivity contribution is 8.15. The van der Waals surface area contributed by atoms with Crippen LogP contribution in [0.15, 0.2) is 29.3 Å². The molecule has 1 aliphatic carbocycles. The molecule has 1 aromatic carbocycles. The van der Waals surface area contributed by atoms with Gasteiger partial charge in [-0.05, 0) is 30.7 Å². The first kappa shape index (κ1) is 20.9. The standard InChI is InChI=1S/C19H28N4O4S/c1-23(2)12-6-4-11(5-7-12)21-19-22-15-16(25)14(24)10-13(17(15)28-19)18(26)20-8-9-27-3/h4-7,13-17,24-25H,8-10H2,1-3H3,(H,20,26)(H,21,22). The molecule has 1 fully saturated rings. The Morgan fingerprint density at radius 3 is 2.68 bits per heavy atom. The van der Waals surface area contributed by atoms with Crippen molar-refractivity contribution in [2.45, 2.75) is 29.9 Å². The highest BCUT2D eigenvalue weighted by Crippen LogP contribution is 2.41. The van der Waals surface area contributed by atoms with Crippen LogP contribution in [0.2, 0.25) is 0 Å². The van der Waals surface area contributed by atoms with E-state index in [-0.39, 0.29) is 17.6 Å². The molecule has 1 aliphatic heterocycles. The lowest BCUT2D eigenvalue weighted by atomic mass is 9.81. The van der Waals surface area contributed by atoms with Gasteiger partial charge in [0.2, 0.25) is 5.91 Å². The van der Waals surface area contributed by atoms with Crippen molar-refractivity contribution in [1.82, 2.24) is 5.32 Å². The molecule has 3 rings (SSSR count). The SMILES string of the molecule is COCCNC(=O)C1CC(O)C(O)C2N=C(Nc3ccc(N(C)C)cc3)SC12. The molecule has 0 spiro atoms. The van der Waals surface area contributed by atoms with Crippen LogP contribution in [0.3, 0.4) is 0 Å². The van der Waals surface area contributed by atoms with Crippen molar-refractivity contribution in [3.05, 3.63) is 24.3 Å². The number of aliphatic imine (C=N–C) groups is 1. The Balaban J connectivity index is 1.69. The highest BCUT2D eigenvalue weighted by Gasteiger charge is 2.50. The van der Waals surface area contributed by atoms with Crippen molar-refractivity contribution in [2.75, 3.05) is 44.6 Å². The largest absolute Gasteiger partial charge is 0.390 e. The second-order valence-corrected chi connectivity index (χ2v) is 8.42. The normalized spacial score (nSPS) is 29.0. The second kappa shape index (κ2) is 9.13. The summed E-state index contributed by atoms with van der Waals surface area (Å²) in [6, 6.07) is 7.40. The number of benzene rings is 1. The molecule has 154 valence electrons. The monoisotopic (exact) mass is 408 g/mol. The van der Waals surface area contributed by atoms with Gasteiger partial charge in [0.25, 0.3) is 0 Å². The van der Waals surface area contributed by atoms with Gasteiger partial charge >= 0.3 is 0 Å². The Morgan fingerprint density at radius 2 is 2.04 bits per heavy atom. The lowest BCUT2D eigenvalue weighted by Crippen LogP contribution is -2.54. The van der Waals surface area contributed by atoms with Crippen molar-refractivity contribution < 1.29 is 19.7 Å². The van der Waals surface area contributed by atoms with Crippen LogP contribution in [0.4, 0.5) is 11.4 Å². The van der Waals surface area contributed by atoms with Gasteiger partial charge in [0.15, 0.2) is 5.17 Å². The zero-order chi connectivity index (χ0) is 20.3. The van der Waals surface area contributed by atoms with Gasteiger partial charge in [-0.3, -0.25) is 9.79 Å². The molecule has 4 N–H and O–H groups in total. The summed E-state index contributed by atoms with van der Waals surface area (Å²) in [6.07, 6.45) is -1.73. The third-order valence-corrected chi connectivity index (χ3v) is 6.37. The number of aliphatic hydroxyl groups excluding tert-OH is 2. The van der Waals surface area contributed by atoms with Gasteiger partial charge in [0.1, 0.15) is 6.10 Å². The van der Waals surface area contributed by atoms with Crippen LogP contribution in [-0.4, -0.2) is 79.1 Å². The molecule has 1 heterocycles. The average Bonchev–Trinajstić information content (AvgIpc) is 3.09. The summed E-state index contributed by atoms with van der Waals surface area (Å²) in [6.45, 7) is 0.841. The Morgan fingerprint density at radius 1 is 1.32 bits per heavy atom. The van der Waals surface area contributed by atoms with Crippen LogP contribution >= 0.6 is 11.8 Å². The number of aliphatic hydroxyl groups is 2. The van der Waals surface area contributed by atoms with E-state index in [1.165, 1.54) is 11.8 Å². The Labute approximate surface area is 169 Å². The molecule has 8 nitrogen and oxygen atoms in total. The molecule has 0 radical (unpaired) electrons. The number of hydrogen-bond donors (Lipinski definition) is 4. The van der Waals surface area contributed by atoms with Crippen molar-refractivity contribution in [3.8, 4) is 0 Å². The molecule has 1 aromatic rings. The number of methoxy groups -OCH3 is 1. The number of amidine groups is 1. The van der Waals surface area contributed by atoms with Crippen molar-refractivity contribution in [3.63, 3.8) is 0 Å². The van der Waals surface area contributed by atoms with Crippen LogP contribution in [0.1, 0.15) is 6.42 Å². The predicted octanol–water partition coefficient (Wildman–Crippen LogP) is 0.509. The molecule has 9 heteroatoms. The molecule has 1 amide bonds. The maximum Gasteiger partial charge on any atom is 0.224 e.